The first-order chi connectivity index (χ1) is 8.63. The molecule has 0 radical (unpaired) electrons. The van der Waals surface area contributed by atoms with Gasteiger partial charge in [-0.1, -0.05) is 0 Å². The zero-order valence-corrected chi connectivity index (χ0v) is 12.2. The van der Waals surface area contributed by atoms with Crippen molar-refractivity contribution in [1.29, 1.82) is 0 Å². The van der Waals surface area contributed by atoms with Crippen molar-refractivity contribution >= 4 is 31.6 Å². The summed E-state index contributed by atoms with van der Waals surface area (Å²) < 4.78 is 65.7. The molecule has 0 saturated heterocycles. The highest BCUT2D eigenvalue weighted by Gasteiger charge is 2.28. The van der Waals surface area contributed by atoms with Crippen molar-refractivity contribution < 1.29 is 26.3 Å². The molecule has 9 heteroatoms. The van der Waals surface area contributed by atoms with Crippen LogP contribution in [-0.4, -0.2) is 27.0 Å². The molecule has 0 atom stereocenters. The summed E-state index contributed by atoms with van der Waals surface area (Å²) in [5.74, 6) is -0.117. The second kappa shape index (κ2) is 6.00. The number of anilines is 1. The summed E-state index contributed by atoms with van der Waals surface area (Å²) in [5.41, 5.74) is 0.244. The Hall–Kier alpha value is -0.960. The largest absolute Gasteiger partial charge is 0.483 e. The Labute approximate surface area is 117 Å². The van der Waals surface area contributed by atoms with Gasteiger partial charge in [0.15, 0.2) is 6.61 Å². The van der Waals surface area contributed by atoms with Crippen molar-refractivity contribution in [2.45, 2.75) is 13.1 Å². The fourth-order valence-electron chi connectivity index (χ4n) is 1.09. The Morgan fingerprint density at radius 3 is 2.47 bits per heavy atom. The lowest BCUT2D eigenvalue weighted by molar-refractivity contribution is -0.153. The maximum absolute atomic E-state index is 12.0. The van der Waals surface area contributed by atoms with E-state index in [0.717, 1.165) is 0 Å². The third-order valence-corrected chi connectivity index (χ3v) is 3.90. The summed E-state index contributed by atoms with van der Waals surface area (Å²) in [4.78, 5) is 0. The van der Waals surface area contributed by atoms with Crippen LogP contribution in [0.25, 0.3) is 0 Å². The number of benzene rings is 1. The van der Waals surface area contributed by atoms with E-state index in [4.69, 9.17) is 0 Å². The van der Waals surface area contributed by atoms with Crippen LogP contribution in [0.15, 0.2) is 22.7 Å². The number of alkyl halides is 3. The van der Waals surface area contributed by atoms with Gasteiger partial charge in [-0.2, -0.15) is 13.2 Å². The van der Waals surface area contributed by atoms with Crippen LogP contribution in [0.5, 0.6) is 5.75 Å². The third-order valence-electron chi connectivity index (χ3n) is 1.98. The molecule has 1 aromatic rings. The zero-order chi connectivity index (χ0) is 14.7. The van der Waals surface area contributed by atoms with Crippen LogP contribution < -0.4 is 9.46 Å². The van der Waals surface area contributed by atoms with E-state index in [1.54, 1.807) is 0 Å². The average Bonchev–Trinajstić information content (AvgIpc) is 2.26. The highest BCUT2D eigenvalue weighted by molar-refractivity contribution is 9.10. The van der Waals surface area contributed by atoms with Crippen LogP contribution >= 0.6 is 15.9 Å². The van der Waals surface area contributed by atoms with Crippen molar-refractivity contribution in [1.82, 2.24) is 0 Å². The normalized spacial score (nSPS) is 12.3. The fourth-order valence-corrected chi connectivity index (χ4v) is 2.22. The quantitative estimate of drug-likeness (QED) is 0.876. The second-order valence-electron chi connectivity index (χ2n) is 3.55. The van der Waals surface area contributed by atoms with E-state index >= 15 is 0 Å². The molecule has 0 spiro atoms. The number of hydrogen-bond donors (Lipinski definition) is 1. The van der Waals surface area contributed by atoms with Crippen molar-refractivity contribution in [3.63, 3.8) is 0 Å². The topological polar surface area (TPSA) is 55.4 Å². The lowest BCUT2D eigenvalue weighted by Crippen LogP contribution is -2.19. The lowest BCUT2D eigenvalue weighted by atomic mass is 10.3. The summed E-state index contributed by atoms with van der Waals surface area (Å²) >= 11 is 3.02. The summed E-state index contributed by atoms with van der Waals surface area (Å²) in [6, 6.07) is 3.91. The van der Waals surface area contributed by atoms with E-state index in [2.05, 4.69) is 25.4 Å². The molecule has 0 aliphatic carbocycles. The molecule has 19 heavy (non-hydrogen) atoms. The van der Waals surface area contributed by atoms with Crippen LogP contribution in [0.1, 0.15) is 6.92 Å². The van der Waals surface area contributed by atoms with Gasteiger partial charge < -0.3 is 4.74 Å². The number of sulfonamides is 1. The van der Waals surface area contributed by atoms with E-state index in [1.165, 1.54) is 25.1 Å². The van der Waals surface area contributed by atoms with Gasteiger partial charge in [0.25, 0.3) is 0 Å². The van der Waals surface area contributed by atoms with Gasteiger partial charge >= 0.3 is 6.18 Å². The molecule has 0 fully saturated rings. The molecule has 0 unspecified atom stereocenters. The third kappa shape index (κ3) is 5.68. The van der Waals surface area contributed by atoms with Gasteiger partial charge in [-0.3, -0.25) is 4.72 Å². The van der Waals surface area contributed by atoms with Crippen LogP contribution in [0, 0.1) is 0 Å². The standard InChI is InChI=1S/C10H11BrF3NO3S/c1-2-19(16,17)15-7-3-4-9(8(11)5-7)18-6-10(12,13)14/h3-5,15H,2,6H2,1H3. The Kier molecular flexibility index (Phi) is 5.08. The van der Waals surface area contributed by atoms with Crippen molar-refractivity contribution in [3.8, 4) is 5.75 Å². The van der Waals surface area contributed by atoms with Gasteiger partial charge in [-0.05, 0) is 41.1 Å². The minimum absolute atomic E-state index is 0.0169. The van der Waals surface area contributed by atoms with Crippen LogP contribution in [0.2, 0.25) is 0 Å². The molecular formula is C10H11BrF3NO3S. The predicted molar refractivity (Wildman–Crippen MR) is 68.8 cm³/mol. The SMILES string of the molecule is CCS(=O)(=O)Nc1ccc(OCC(F)(F)F)c(Br)c1. The maximum atomic E-state index is 12.0. The molecule has 1 aromatic carbocycles. The second-order valence-corrected chi connectivity index (χ2v) is 6.42. The number of nitrogens with one attached hydrogen (secondary N) is 1. The smallest absolute Gasteiger partial charge is 0.422 e. The monoisotopic (exact) mass is 361 g/mol. The number of rotatable bonds is 5. The average molecular weight is 362 g/mol. The number of hydrogen-bond acceptors (Lipinski definition) is 3. The fraction of sp³-hybridized carbons (Fsp3) is 0.400. The highest BCUT2D eigenvalue weighted by atomic mass is 79.9. The van der Waals surface area contributed by atoms with Crippen molar-refractivity contribution in [2.75, 3.05) is 17.1 Å². The van der Waals surface area contributed by atoms with Gasteiger partial charge in [-0.15, -0.1) is 0 Å². The predicted octanol–water partition coefficient (Wildman–Crippen LogP) is 3.15. The van der Waals surface area contributed by atoms with Crippen LogP contribution in [0.3, 0.4) is 0 Å². The van der Waals surface area contributed by atoms with Crippen molar-refractivity contribution in [3.05, 3.63) is 22.7 Å². The number of halogens is 4. The van der Waals surface area contributed by atoms with E-state index < -0.39 is 22.8 Å². The van der Waals surface area contributed by atoms with E-state index in [-0.39, 0.29) is 21.7 Å². The van der Waals surface area contributed by atoms with Crippen molar-refractivity contribution in [2.24, 2.45) is 0 Å². The molecule has 0 bridgehead atoms. The van der Waals surface area contributed by atoms with Gasteiger partial charge in [0.2, 0.25) is 10.0 Å². The Morgan fingerprint density at radius 2 is 2.00 bits per heavy atom. The Morgan fingerprint density at radius 1 is 1.37 bits per heavy atom. The highest BCUT2D eigenvalue weighted by Crippen LogP contribution is 2.30. The van der Waals surface area contributed by atoms with Gasteiger partial charge in [0, 0.05) is 5.69 Å². The summed E-state index contributed by atoms with van der Waals surface area (Å²) in [6.07, 6.45) is -4.43. The maximum Gasteiger partial charge on any atom is 0.422 e. The summed E-state index contributed by atoms with van der Waals surface area (Å²) in [6.45, 7) is 0.0593. The van der Waals surface area contributed by atoms with Gasteiger partial charge in [0.1, 0.15) is 5.75 Å². The summed E-state index contributed by atoms with van der Waals surface area (Å²) in [5, 5.41) is 0. The molecule has 0 aromatic heterocycles. The minimum Gasteiger partial charge on any atom is -0.483 e. The minimum atomic E-state index is -4.43. The first-order valence-corrected chi connectivity index (χ1v) is 7.57. The molecule has 1 N–H and O–H groups in total. The van der Waals surface area contributed by atoms with Crippen LogP contribution in [-0.2, 0) is 10.0 Å². The first-order valence-electron chi connectivity index (χ1n) is 5.12. The zero-order valence-electron chi connectivity index (χ0n) is 9.79. The van der Waals surface area contributed by atoms with Gasteiger partial charge in [-0.25, -0.2) is 8.42 Å². The van der Waals surface area contributed by atoms with Gasteiger partial charge in [0.05, 0.1) is 10.2 Å². The van der Waals surface area contributed by atoms with E-state index in [0.29, 0.717) is 0 Å². The molecule has 0 aliphatic heterocycles. The lowest BCUT2D eigenvalue weighted by Gasteiger charge is -2.12. The Bertz CT molecular complexity index is 545. The molecule has 1 rings (SSSR count). The molecule has 0 aliphatic rings. The molecule has 0 saturated carbocycles. The number of ether oxygens (including phenoxy) is 1. The molecule has 108 valence electrons. The first kappa shape index (κ1) is 16.1. The van der Waals surface area contributed by atoms with E-state index in [9.17, 15) is 21.6 Å². The van der Waals surface area contributed by atoms with E-state index in [1.807, 2.05) is 0 Å². The molecular weight excluding hydrogens is 351 g/mol. The molecule has 4 nitrogen and oxygen atoms in total. The summed E-state index contributed by atoms with van der Waals surface area (Å²) in [7, 11) is -3.43. The molecule has 0 amide bonds. The molecule has 0 heterocycles. The Balaban J connectivity index is 2.81. The van der Waals surface area contributed by atoms with Crippen LogP contribution in [0.4, 0.5) is 18.9 Å².